The fraction of sp³-hybridized carbons (Fsp3) is 0.571. The molecule has 0 amide bonds. The lowest BCUT2D eigenvalue weighted by Gasteiger charge is -2.21. The summed E-state index contributed by atoms with van der Waals surface area (Å²) < 4.78 is 0. The lowest BCUT2D eigenvalue weighted by Crippen LogP contribution is -2.24. The highest BCUT2D eigenvalue weighted by Crippen LogP contribution is 2.18. The minimum Gasteiger partial charge on any atom is -0.357 e. The number of hydrogen-bond acceptors (Lipinski definition) is 6. The van der Waals surface area contributed by atoms with Gasteiger partial charge in [0, 0.05) is 63.4 Å². The normalized spacial score (nSPS) is 17.9. The molecule has 4 rings (SSSR count). The number of nitrogens with one attached hydrogen (secondary N) is 1. The van der Waals surface area contributed by atoms with E-state index in [1.54, 1.807) is 0 Å². The number of nitrogens with zero attached hydrogens (tertiary/aromatic N) is 5. The average molecular weight is 367 g/mol. The molecule has 2 aliphatic rings. The van der Waals surface area contributed by atoms with E-state index in [1.807, 2.05) is 18.6 Å². The molecule has 2 aromatic rings. The number of hydrogen-bond donors (Lipinski definition) is 1. The number of aromatic nitrogens is 3. The van der Waals surface area contributed by atoms with Crippen molar-refractivity contribution in [3.8, 4) is 0 Å². The highest BCUT2D eigenvalue weighted by atomic mass is 15.3. The Labute approximate surface area is 162 Å². The molecule has 144 valence electrons. The van der Waals surface area contributed by atoms with Crippen LogP contribution in [0.3, 0.4) is 0 Å². The molecule has 0 unspecified atom stereocenters. The minimum atomic E-state index is 0.772. The molecule has 4 heterocycles. The van der Waals surface area contributed by atoms with Crippen molar-refractivity contribution in [3.05, 3.63) is 41.9 Å². The van der Waals surface area contributed by atoms with Crippen molar-refractivity contribution in [2.24, 2.45) is 0 Å². The molecule has 0 bridgehead atoms. The molecular formula is C21H30N6. The molecule has 0 spiro atoms. The monoisotopic (exact) mass is 366 g/mol. The molecule has 0 radical (unpaired) electrons. The van der Waals surface area contributed by atoms with Gasteiger partial charge in [0.15, 0.2) is 0 Å². The quantitative estimate of drug-likeness (QED) is 0.848. The van der Waals surface area contributed by atoms with Crippen molar-refractivity contribution in [1.82, 2.24) is 20.3 Å². The van der Waals surface area contributed by atoms with Crippen molar-refractivity contribution in [2.75, 3.05) is 36.0 Å². The molecule has 2 fully saturated rings. The second-order valence-corrected chi connectivity index (χ2v) is 7.61. The van der Waals surface area contributed by atoms with Gasteiger partial charge in [0.1, 0.15) is 5.82 Å². The predicted molar refractivity (Wildman–Crippen MR) is 109 cm³/mol. The van der Waals surface area contributed by atoms with Crippen LogP contribution in [0.25, 0.3) is 0 Å². The maximum atomic E-state index is 4.68. The van der Waals surface area contributed by atoms with E-state index in [4.69, 9.17) is 0 Å². The summed E-state index contributed by atoms with van der Waals surface area (Å²) in [5, 5.41) is 3.47. The van der Waals surface area contributed by atoms with Crippen LogP contribution in [-0.4, -0.2) is 41.1 Å². The van der Waals surface area contributed by atoms with E-state index in [0.717, 1.165) is 56.6 Å². The number of pyridine rings is 1. The van der Waals surface area contributed by atoms with Gasteiger partial charge < -0.3 is 15.1 Å². The van der Waals surface area contributed by atoms with E-state index in [9.17, 15) is 0 Å². The Bertz CT molecular complexity index is 686. The molecule has 0 atom stereocenters. The molecule has 1 N–H and O–H groups in total. The van der Waals surface area contributed by atoms with Crippen molar-refractivity contribution in [3.63, 3.8) is 0 Å². The van der Waals surface area contributed by atoms with Gasteiger partial charge in [-0.2, -0.15) is 0 Å². The van der Waals surface area contributed by atoms with Gasteiger partial charge in [-0.1, -0.05) is 18.9 Å². The van der Waals surface area contributed by atoms with Gasteiger partial charge >= 0.3 is 0 Å². The van der Waals surface area contributed by atoms with Crippen LogP contribution in [0, 0.1) is 0 Å². The molecule has 2 saturated heterocycles. The summed E-state index contributed by atoms with van der Waals surface area (Å²) in [7, 11) is 0. The van der Waals surface area contributed by atoms with E-state index in [1.165, 1.54) is 44.1 Å². The molecule has 0 aromatic carbocycles. The number of rotatable bonds is 6. The zero-order valence-electron chi connectivity index (χ0n) is 16.1. The Morgan fingerprint density at radius 1 is 0.667 bits per heavy atom. The third kappa shape index (κ3) is 4.95. The Kier molecular flexibility index (Phi) is 6.14. The van der Waals surface area contributed by atoms with E-state index in [2.05, 4.69) is 42.2 Å². The fourth-order valence-electron chi connectivity index (χ4n) is 3.88. The standard InChI is InChI=1S/C21H30N6/c1-2-4-10-26(9-3-1)20-8-7-18(15-23-20)13-22-14-19-16-24-21(25-17-19)27-11-5-6-12-27/h7-8,15-17,22H,1-6,9-14H2. The predicted octanol–water partition coefficient (Wildman–Crippen LogP) is 3.14. The van der Waals surface area contributed by atoms with Gasteiger partial charge in [-0.3, -0.25) is 0 Å². The smallest absolute Gasteiger partial charge is 0.225 e. The van der Waals surface area contributed by atoms with Gasteiger partial charge in [-0.15, -0.1) is 0 Å². The summed E-state index contributed by atoms with van der Waals surface area (Å²) in [6.07, 6.45) is 13.6. The van der Waals surface area contributed by atoms with Crippen LogP contribution in [0.1, 0.15) is 49.7 Å². The fourth-order valence-corrected chi connectivity index (χ4v) is 3.88. The van der Waals surface area contributed by atoms with Gasteiger partial charge in [0.05, 0.1) is 0 Å². The maximum Gasteiger partial charge on any atom is 0.225 e. The van der Waals surface area contributed by atoms with Crippen molar-refractivity contribution in [2.45, 2.75) is 51.6 Å². The Balaban J connectivity index is 1.25. The summed E-state index contributed by atoms with van der Waals surface area (Å²) >= 11 is 0. The van der Waals surface area contributed by atoms with Gasteiger partial charge in [-0.05, 0) is 37.3 Å². The third-order valence-corrected chi connectivity index (χ3v) is 5.48. The van der Waals surface area contributed by atoms with Crippen LogP contribution >= 0.6 is 0 Å². The van der Waals surface area contributed by atoms with Crippen LogP contribution in [0.2, 0.25) is 0 Å². The summed E-state index contributed by atoms with van der Waals surface area (Å²) in [4.78, 5) is 18.4. The van der Waals surface area contributed by atoms with Crippen LogP contribution in [0.5, 0.6) is 0 Å². The molecule has 27 heavy (non-hydrogen) atoms. The van der Waals surface area contributed by atoms with E-state index < -0.39 is 0 Å². The highest BCUT2D eigenvalue weighted by Gasteiger charge is 2.14. The van der Waals surface area contributed by atoms with Gasteiger partial charge in [0.2, 0.25) is 5.95 Å². The Morgan fingerprint density at radius 2 is 1.26 bits per heavy atom. The molecular weight excluding hydrogens is 336 g/mol. The number of anilines is 2. The molecule has 6 heteroatoms. The van der Waals surface area contributed by atoms with Gasteiger partial charge in [-0.25, -0.2) is 15.0 Å². The minimum absolute atomic E-state index is 0.772. The summed E-state index contributed by atoms with van der Waals surface area (Å²) in [5.41, 5.74) is 2.33. The van der Waals surface area contributed by atoms with E-state index in [-0.39, 0.29) is 0 Å². The van der Waals surface area contributed by atoms with Crippen molar-refractivity contribution < 1.29 is 0 Å². The summed E-state index contributed by atoms with van der Waals surface area (Å²) in [6, 6.07) is 4.35. The molecule has 0 aliphatic carbocycles. The van der Waals surface area contributed by atoms with Gasteiger partial charge in [0.25, 0.3) is 0 Å². The third-order valence-electron chi connectivity index (χ3n) is 5.48. The first-order chi connectivity index (χ1) is 13.4. The highest BCUT2D eigenvalue weighted by molar-refractivity contribution is 5.39. The second kappa shape index (κ2) is 9.13. The van der Waals surface area contributed by atoms with E-state index in [0.29, 0.717) is 0 Å². The molecule has 0 saturated carbocycles. The van der Waals surface area contributed by atoms with Crippen LogP contribution in [-0.2, 0) is 13.1 Å². The first kappa shape index (κ1) is 18.2. The lowest BCUT2D eigenvalue weighted by molar-refractivity contribution is 0.685. The topological polar surface area (TPSA) is 57.2 Å². The zero-order valence-corrected chi connectivity index (χ0v) is 16.1. The SMILES string of the molecule is c1cc(N2CCCCCC2)ncc1CNCc1cnc(N2CCCC2)nc1. The van der Waals surface area contributed by atoms with Crippen molar-refractivity contribution >= 4 is 11.8 Å². The van der Waals surface area contributed by atoms with Crippen LogP contribution in [0.15, 0.2) is 30.7 Å². The average Bonchev–Trinajstić information content (AvgIpc) is 3.12. The maximum absolute atomic E-state index is 4.68. The molecule has 2 aliphatic heterocycles. The second-order valence-electron chi connectivity index (χ2n) is 7.61. The first-order valence-corrected chi connectivity index (χ1v) is 10.3. The lowest BCUT2D eigenvalue weighted by atomic mass is 10.2. The Morgan fingerprint density at radius 3 is 1.93 bits per heavy atom. The van der Waals surface area contributed by atoms with E-state index >= 15 is 0 Å². The van der Waals surface area contributed by atoms with Crippen LogP contribution in [0.4, 0.5) is 11.8 Å². The largest absolute Gasteiger partial charge is 0.357 e. The first-order valence-electron chi connectivity index (χ1n) is 10.3. The molecule has 2 aromatic heterocycles. The van der Waals surface area contributed by atoms with Crippen molar-refractivity contribution in [1.29, 1.82) is 0 Å². The van der Waals surface area contributed by atoms with Crippen LogP contribution < -0.4 is 15.1 Å². The zero-order chi connectivity index (χ0) is 18.3. The summed E-state index contributed by atoms with van der Waals surface area (Å²) in [6.45, 7) is 6.02. The Hall–Kier alpha value is -2.21. The summed E-state index contributed by atoms with van der Waals surface area (Å²) in [5.74, 6) is 1.98. The molecule has 6 nitrogen and oxygen atoms in total.